The van der Waals surface area contributed by atoms with Crippen molar-refractivity contribution in [1.82, 2.24) is 15.1 Å². The number of likely N-dealkylation sites (N-methyl/N-ethyl adjacent to an activating group) is 1. The molecule has 16 heavy (non-hydrogen) atoms. The van der Waals surface area contributed by atoms with E-state index in [-0.39, 0.29) is 0 Å². The van der Waals surface area contributed by atoms with Crippen molar-refractivity contribution in [1.29, 1.82) is 0 Å². The minimum Gasteiger partial charge on any atom is -0.353 e. The fraction of sp³-hybridized carbons (Fsp3) is 0.667. The first-order valence-electron chi connectivity index (χ1n) is 5.94. The van der Waals surface area contributed by atoms with Gasteiger partial charge in [-0.05, 0) is 25.1 Å². The van der Waals surface area contributed by atoms with Gasteiger partial charge in [-0.1, -0.05) is 13.8 Å². The van der Waals surface area contributed by atoms with Gasteiger partial charge in [0.2, 0.25) is 0 Å². The van der Waals surface area contributed by atoms with Crippen LogP contribution in [0.3, 0.4) is 0 Å². The summed E-state index contributed by atoms with van der Waals surface area (Å²) in [5.41, 5.74) is 1.07. The van der Waals surface area contributed by atoms with Crippen LogP contribution in [0.2, 0.25) is 0 Å². The van der Waals surface area contributed by atoms with Crippen molar-refractivity contribution in [3.8, 4) is 0 Å². The van der Waals surface area contributed by atoms with Crippen molar-refractivity contribution in [3.05, 3.63) is 17.8 Å². The normalized spacial score (nSPS) is 18.1. The molecule has 0 spiro atoms. The predicted octanol–water partition coefficient (Wildman–Crippen LogP) is 1.35. The lowest BCUT2D eigenvalue weighted by atomic mass is 10.1. The van der Waals surface area contributed by atoms with E-state index in [2.05, 4.69) is 53.0 Å². The minimum absolute atomic E-state index is 0.453. The molecule has 0 aliphatic carbocycles. The second-order valence-corrected chi connectivity index (χ2v) is 4.76. The Morgan fingerprint density at radius 1 is 1.06 bits per heavy atom. The van der Waals surface area contributed by atoms with Gasteiger partial charge in [-0.15, -0.1) is 5.10 Å². The molecular formula is C12H20N4. The van der Waals surface area contributed by atoms with Crippen molar-refractivity contribution >= 4 is 5.82 Å². The molecule has 0 atom stereocenters. The first-order valence-corrected chi connectivity index (χ1v) is 5.94. The van der Waals surface area contributed by atoms with Gasteiger partial charge in [-0.25, -0.2) is 0 Å². The first-order chi connectivity index (χ1) is 7.66. The summed E-state index contributed by atoms with van der Waals surface area (Å²) in [5.74, 6) is 1.46. The zero-order chi connectivity index (χ0) is 11.5. The third kappa shape index (κ3) is 2.50. The van der Waals surface area contributed by atoms with Crippen LogP contribution in [-0.4, -0.2) is 48.3 Å². The average Bonchev–Trinajstić information content (AvgIpc) is 2.30. The summed E-state index contributed by atoms with van der Waals surface area (Å²) in [5, 5.41) is 8.57. The van der Waals surface area contributed by atoms with Crippen LogP contribution in [-0.2, 0) is 0 Å². The van der Waals surface area contributed by atoms with Crippen LogP contribution in [0.15, 0.2) is 12.1 Å². The second kappa shape index (κ2) is 4.78. The Morgan fingerprint density at radius 2 is 1.75 bits per heavy atom. The Bertz CT molecular complexity index is 325. The summed E-state index contributed by atoms with van der Waals surface area (Å²) in [6, 6.07) is 4.18. The summed E-state index contributed by atoms with van der Waals surface area (Å²) in [4.78, 5) is 4.64. The van der Waals surface area contributed by atoms with Crippen LogP contribution in [0.5, 0.6) is 0 Å². The van der Waals surface area contributed by atoms with Gasteiger partial charge in [0.25, 0.3) is 0 Å². The molecule has 1 fully saturated rings. The highest BCUT2D eigenvalue weighted by atomic mass is 15.3. The van der Waals surface area contributed by atoms with Crippen molar-refractivity contribution in [2.75, 3.05) is 38.1 Å². The third-order valence-electron chi connectivity index (χ3n) is 3.09. The highest BCUT2D eigenvalue weighted by Crippen LogP contribution is 2.15. The highest BCUT2D eigenvalue weighted by Gasteiger charge is 2.15. The lowest BCUT2D eigenvalue weighted by Gasteiger charge is -2.32. The molecule has 88 valence electrons. The Kier molecular flexibility index (Phi) is 3.39. The highest BCUT2D eigenvalue weighted by molar-refractivity contribution is 5.38. The summed E-state index contributed by atoms with van der Waals surface area (Å²) in [7, 11) is 2.16. The Hall–Kier alpha value is -1.16. The zero-order valence-corrected chi connectivity index (χ0v) is 10.3. The molecule has 1 aromatic rings. The largest absolute Gasteiger partial charge is 0.353 e. The lowest BCUT2D eigenvalue weighted by molar-refractivity contribution is 0.311. The Balaban J connectivity index is 2.04. The van der Waals surface area contributed by atoms with Crippen molar-refractivity contribution in [2.45, 2.75) is 19.8 Å². The van der Waals surface area contributed by atoms with Crippen LogP contribution in [0.4, 0.5) is 5.82 Å². The topological polar surface area (TPSA) is 32.3 Å². The lowest BCUT2D eigenvalue weighted by Crippen LogP contribution is -2.44. The van der Waals surface area contributed by atoms with Gasteiger partial charge < -0.3 is 9.80 Å². The van der Waals surface area contributed by atoms with E-state index >= 15 is 0 Å². The quantitative estimate of drug-likeness (QED) is 0.753. The van der Waals surface area contributed by atoms with Crippen LogP contribution >= 0.6 is 0 Å². The van der Waals surface area contributed by atoms with E-state index in [0.29, 0.717) is 5.92 Å². The fourth-order valence-corrected chi connectivity index (χ4v) is 1.85. The number of hydrogen-bond acceptors (Lipinski definition) is 4. The van der Waals surface area contributed by atoms with Gasteiger partial charge in [-0.3, -0.25) is 0 Å². The van der Waals surface area contributed by atoms with Crippen LogP contribution < -0.4 is 4.90 Å². The molecule has 1 aromatic heterocycles. The maximum absolute atomic E-state index is 4.31. The van der Waals surface area contributed by atoms with Crippen LogP contribution in [0.1, 0.15) is 25.5 Å². The van der Waals surface area contributed by atoms with E-state index in [9.17, 15) is 0 Å². The van der Waals surface area contributed by atoms with E-state index in [0.717, 1.165) is 37.7 Å². The van der Waals surface area contributed by atoms with Gasteiger partial charge in [-0.2, -0.15) is 5.10 Å². The Morgan fingerprint density at radius 3 is 2.25 bits per heavy atom. The molecule has 0 saturated carbocycles. The number of anilines is 1. The number of nitrogens with zero attached hydrogens (tertiary/aromatic N) is 4. The van der Waals surface area contributed by atoms with E-state index in [4.69, 9.17) is 0 Å². The molecule has 0 amide bonds. The molecular weight excluding hydrogens is 200 g/mol. The summed E-state index contributed by atoms with van der Waals surface area (Å²) in [6.45, 7) is 8.58. The van der Waals surface area contributed by atoms with E-state index in [1.807, 2.05) is 0 Å². The second-order valence-electron chi connectivity index (χ2n) is 4.76. The first kappa shape index (κ1) is 11.3. The molecule has 4 heteroatoms. The SMILES string of the molecule is CC(C)c1ccc(N2CCN(C)CC2)nn1. The monoisotopic (exact) mass is 220 g/mol. The van der Waals surface area contributed by atoms with Crippen molar-refractivity contribution in [3.63, 3.8) is 0 Å². The number of rotatable bonds is 2. The molecule has 1 saturated heterocycles. The van der Waals surface area contributed by atoms with Crippen LogP contribution in [0.25, 0.3) is 0 Å². The van der Waals surface area contributed by atoms with Gasteiger partial charge >= 0.3 is 0 Å². The molecule has 1 aliphatic heterocycles. The van der Waals surface area contributed by atoms with Gasteiger partial charge in [0, 0.05) is 26.2 Å². The molecule has 0 aromatic carbocycles. The molecule has 1 aliphatic rings. The molecule has 2 heterocycles. The van der Waals surface area contributed by atoms with Crippen LogP contribution in [0, 0.1) is 0 Å². The number of hydrogen-bond donors (Lipinski definition) is 0. The summed E-state index contributed by atoms with van der Waals surface area (Å²) in [6.07, 6.45) is 0. The van der Waals surface area contributed by atoms with E-state index < -0.39 is 0 Å². The maximum atomic E-state index is 4.31. The molecule has 0 N–H and O–H groups in total. The summed E-state index contributed by atoms with van der Waals surface area (Å²) >= 11 is 0. The third-order valence-corrected chi connectivity index (χ3v) is 3.09. The molecule has 0 bridgehead atoms. The maximum Gasteiger partial charge on any atom is 0.151 e. The Labute approximate surface area is 97.3 Å². The van der Waals surface area contributed by atoms with E-state index in [1.165, 1.54) is 0 Å². The molecule has 4 nitrogen and oxygen atoms in total. The van der Waals surface area contributed by atoms with Gasteiger partial charge in [0.1, 0.15) is 0 Å². The predicted molar refractivity (Wildman–Crippen MR) is 65.8 cm³/mol. The summed E-state index contributed by atoms with van der Waals surface area (Å²) < 4.78 is 0. The number of piperazine rings is 1. The fourth-order valence-electron chi connectivity index (χ4n) is 1.85. The van der Waals surface area contributed by atoms with Crippen molar-refractivity contribution < 1.29 is 0 Å². The van der Waals surface area contributed by atoms with Crippen molar-refractivity contribution in [2.24, 2.45) is 0 Å². The minimum atomic E-state index is 0.453. The number of aromatic nitrogens is 2. The van der Waals surface area contributed by atoms with E-state index in [1.54, 1.807) is 0 Å². The van der Waals surface area contributed by atoms with Gasteiger partial charge in [0.15, 0.2) is 5.82 Å². The molecule has 0 unspecified atom stereocenters. The van der Waals surface area contributed by atoms with Gasteiger partial charge in [0.05, 0.1) is 5.69 Å². The zero-order valence-electron chi connectivity index (χ0n) is 10.3. The average molecular weight is 220 g/mol. The smallest absolute Gasteiger partial charge is 0.151 e. The molecule has 2 rings (SSSR count). The molecule has 0 radical (unpaired) electrons. The standard InChI is InChI=1S/C12H20N4/c1-10(2)11-4-5-12(14-13-11)16-8-6-15(3)7-9-16/h4-5,10H,6-9H2,1-3H3.